The topological polar surface area (TPSA) is 47.6 Å². The number of thioether (sulfide) groups is 1. The van der Waals surface area contributed by atoms with Crippen molar-refractivity contribution >= 4 is 23.4 Å². The quantitative estimate of drug-likeness (QED) is 0.449. The van der Waals surface area contributed by atoms with Gasteiger partial charge in [-0.1, -0.05) is 30.3 Å². The van der Waals surface area contributed by atoms with Gasteiger partial charge >= 0.3 is 6.61 Å². The van der Waals surface area contributed by atoms with Crippen LogP contribution in [0, 0.1) is 0 Å². The van der Waals surface area contributed by atoms with Crippen molar-refractivity contribution in [3.63, 3.8) is 0 Å². The van der Waals surface area contributed by atoms with E-state index in [1.165, 1.54) is 17.8 Å². The largest absolute Gasteiger partial charge is 0.497 e. The van der Waals surface area contributed by atoms with Crippen molar-refractivity contribution in [1.29, 1.82) is 0 Å². The van der Waals surface area contributed by atoms with Crippen LogP contribution in [-0.2, 0) is 11.2 Å². The van der Waals surface area contributed by atoms with Crippen molar-refractivity contribution in [1.82, 2.24) is 0 Å². The van der Waals surface area contributed by atoms with E-state index in [-0.39, 0.29) is 17.4 Å². The van der Waals surface area contributed by atoms with E-state index in [2.05, 4.69) is 10.1 Å². The van der Waals surface area contributed by atoms with Crippen molar-refractivity contribution < 1.29 is 23.0 Å². The molecule has 3 aromatic carbocycles. The summed E-state index contributed by atoms with van der Waals surface area (Å²) in [6.45, 7) is -2.92. The molecule has 1 amide bonds. The van der Waals surface area contributed by atoms with Gasteiger partial charge < -0.3 is 14.8 Å². The Labute approximate surface area is 178 Å². The van der Waals surface area contributed by atoms with Crippen LogP contribution in [0.3, 0.4) is 0 Å². The molecule has 0 fully saturated rings. The van der Waals surface area contributed by atoms with Crippen molar-refractivity contribution in [2.75, 3.05) is 18.2 Å². The third kappa shape index (κ3) is 6.49. The first-order chi connectivity index (χ1) is 14.5. The minimum absolute atomic E-state index is 0.0967. The number of benzene rings is 3. The van der Waals surface area contributed by atoms with Crippen LogP contribution in [0.15, 0.2) is 77.7 Å². The highest BCUT2D eigenvalue weighted by Gasteiger charge is 2.13. The summed E-state index contributed by atoms with van der Waals surface area (Å²) in [5, 5.41) is 2.81. The Balaban J connectivity index is 1.66. The zero-order chi connectivity index (χ0) is 21.3. The number of methoxy groups -OCH3 is 1. The Kier molecular flexibility index (Phi) is 7.68. The lowest BCUT2D eigenvalue weighted by Gasteiger charge is -2.13. The predicted molar refractivity (Wildman–Crippen MR) is 115 cm³/mol. The van der Waals surface area contributed by atoms with Crippen molar-refractivity contribution in [3.8, 4) is 11.5 Å². The Morgan fingerprint density at radius 2 is 1.77 bits per heavy atom. The van der Waals surface area contributed by atoms with Gasteiger partial charge in [-0.2, -0.15) is 8.78 Å². The van der Waals surface area contributed by atoms with Crippen LogP contribution in [0.5, 0.6) is 11.5 Å². The van der Waals surface area contributed by atoms with Gasteiger partial charge in [-0.15, -0.1) is 11.8 Å². The highest BCUT2D eigenvalue weighted by molar-refractivity contribution is 8.00. The van der Waals surface area contributed by atoms with E-state index in [0.717, 1.165) is 16.2 Å². The maximum Gasteiger partial charge on any atom is 0.387 e. The Morgan fingerprint density at radius 3 is 2.43 bits per heavy atom. The van der Waals surface area contributed by atoms with E-state index in [4.69, 9.17) is 4.74 Å². The van der Waals surface area contributed by atoms with Crippen LogP contribution < -0.4 is 14.8 Å². The molecular weight excluding hydrogens is 408 g/mol. The van der Waals surface area contributed by atoms with Crippen LogP contribution in [0.1, 0.15) is 11.1 Å². The average Bonchev–Trinajstić information content (AvgIpc) is 2.75. The van der Waals surface area contributed by atoms with Gasteiger partial charge in [0.1, 0.15) is 11.5 Å². The number of halogens is 2. The number of ether oxygens (including phenoxy) is 2. The highest BCUT2D eigenvalue weighted by Crippen LogP contribution is 2.27. The van der Waals surface area contributed by atoms with Crippen LogP contribution in [0.2, 0.25) is 0 Å². The Hall–Kier alpha value is -3.06. The maximum atomic E-state index is 12.8. The number of anilines is 1. The van der Waals surface area contributed by atoms with E-state index in [0.29, 0.717) is 17.7 Å². The molecule has 0 radical (unpaired) electrons. The van der Waals surface area contributed by atoms with Gasteiger partial charge in [0.2, 0.25) is 5.91 Å². The molecule has 7 heteroatoms. The molecule has 0 saturated heterocycles. The monoisotopic (exact) mass is 429 g/mol. The Morgan fingerprint density at radius 1 is 1.03 bits per heavy atom. The molecule has 0 spiro atoms. The highest BCUT2D eigenvalue weighted by atomic mass is 32.2. The maximum absolute atomic E-state index is 12.8. The summed E-state index contributed by atoms with van der Waals surface area (Å²) in [7, 11) is 1.60. The van der Waals surface area contributed by atoms with E-state index in [1.807, 2.05) is 54.6 Å². The fourth-order valence-corrected chi connectivity index (χ4v) is 3.54. The van der Waals surface area contributed by atoms with Crippen LogP contribution in [0.25, 0.3) is 0 Å². The number of hydrogen-bond acceptors (Lipinski definition) is 4. The summed E-state index contributed by atoms with van der Waals surface area (Å²) in [6.07, 6.45) is 0.410. The third-order valence-corrected chi connectivity index (χ3v) is 5.24. The summed E-state index contributed by atoms with van der Waals surface area (Å²) in [6, 6.07) is 21.6. The number of alkyl halides is 2. The minimum atomic E-state index is -2.92. The molecule has 0 aliphatic rings. The number of carbonyl (C=O) groups is 1. The first-order valence-corrected chi connectivity index (χ1v) is 10.2. The van der Waals surface area contributed by atoms with Crippen molar-refractivity contribution in [2.24, 2.45) is 0 Å². The van der Waals surface area contributed by atoms with Crippen molar-refractivity contribution in [2.45, 2.75) is 17.9 Å². The van der Waals surface area contributed by atoms with Crippen molar-refractivity contribution in [3.05, 3.63) is 83.9 Å². The summed E-state index contributed by atoms with van der Waals surface area (Å²) in [4.78, 5) is 13.3. The third-order valence-electron chi connectivity index (χ3n) is 4.23. The molecule has 0 heterocycles. The van der Waals surface area contributed by atoms with Gasteiger partial charge in [-0.3, -0.25) is 4.79 Å². The van der Waals surface area contributed by atoms with E-state index in [1.54, 1.807) is 19.2 Å². The zero-order valence-corrected chi connectivity index (χ0v) is 17.1. The number of carbonyl (C=O) groups excluding carboxylic acids is 1. The molecule has 3 aromatic rings. The van der Waals surface area contributed by atoms with Crippen LogP contribution in [-0.4, -0.2) is 25.4 Å². The van der Waals surface area contributed by atoms with Gasteiger partial charge in [0, 0.05) is 22.6 Å². The molecule has 0 atom stereocenters. The second kappa shape index (κ2) is 10.6. The number of hydrogen-bond donors (Lipinski definition) is 1. The molecule has 4 nitrogen and oxygen atoms in total. The van der Waals surface area contributed by atoms with Gasteiger partial charge in [0.15, 0.2) is 0 Å². The second-order valence-corrected chi connectivity index (χ2v) is 7.42. The lowest BCUT2D eigenvalue weighted by molar-refractivity contribution is -0.113. The standard InChI is InChI=1S/C23H21F2NO3S/c1-28-19-8-10-20(11-9-19)30-15-22(27)26-18-7-12-21(29-23(24)25)17(14-18)13-16-5-3-2-4-6-16/h2-12,14,23H,13,15H2,1H3,(H,26,27). The molecule has 0 bridgehead atoms. The van der Waals surface area contributed by atoms with Gasteiger partial charge in [-0.05, 0) is 48.0 Å². The average molecular weight is 429 g/mol. The summed E-state index contributed by atoms with van der Waals surface area (Å²) in [5.74, 6) is 0.875. The smallest absolute Gasteiger partial charge is 0.387 e. The number of nitrogens with one attached hydrogen (secondary N) is 1. The van der Waals surface area contributed by atoms with E-state index in [9.17, 15) is 13.6 Å². The molecule has 3 rings (SSSR count). The van der Waals surface area contributed by atoms with E-state index < -0.39 is 6.61 Å². The molecule has 156 valence electrons. The van der Waals surface area contributed by atoms with Gasteiger partial charge in [0.25, 0.3) is 0 Å². The molecular formula is C23H21F2NO3S. The van der Waals surface area contributed by atoms with Gasteiger partial charge in [-0.25, -0.2) is 0 Å². The number of amides is 1. The summed E-state index contributed by atoms with van der Waals surface area (Å²) in [5.41, 5.74) is 2.06. The first kappa shape index (κ1) is 21.6. The Bertz CT molecular complexity index is 966. The molecule has 0 aliphatic carbocycles. The minimum Gasteiger partial charge on any atom is -0.497 e. The molecule has 0 saturated carbocycles. The fourth-order valence-electron chi connectivity index (χ4n) is 2.84. The molecule has 30 heavy (non-hydrogen) atoms. The van der Waals surface area contributed by atoms with Crippen LogP contribution in [0.4, 0.5) is 14.5 Å². The lowest BCUT2D eigenvalue weighted by atomic mass is 10.0. The predicted octanol–water partition coefficient (Wildman–Crippen LogP) is 5.62. The summed E-state index contributed by atoms with van der Waals surface area (Å²) < 4.78 is 35.3. The van der Waals surface area contributed by atoms with Crippen LogP contribution >= 0.6 is 11.8 Å². The molecule has 0 aliphatic heterocycles. The lowest BCUT2D eigenvalue weighted by Crippen LogP contribution is -2.14. The molecule has 0 unspecified atom stereocenters. The van der Waals surface area contributed by atoms with Gasteiger partial charge in [0.05, 0.1) is 12.9 Å². The van der Waals surface area contributed by atoms with E-state index >= 15 is 0 Å². The first-order valence-electron chi connectivity index (χ1n) is 9.22. The molecule has 0 aromatic heterocycles. The zero-order valence-electron chi connectivity index (χ0n) is 16.3. The fraction of sp³-hybridized carbons (Fsp3) is 0.174. The second-order valence-electron chi connectivity index (χ2n) is 6.38. The SMILES string of the molecule is COc1ccc(SCC(=O)Nc2ccc(OC(F)F)c(Cc3ccccc3)c2)cc1. The molecule has 1 N–H and O–H groups in total. The summed E-state index contributed by atoms with van der Waals surface area (Å²) >= 11 is 1.39. The number of rotatable bonds is 9. The normalized spacial score (nSPS) is 10.7.